The molecule has 0 aliphatic carbocycles. The van der Waals surface area contributed by atoms with Crippen molar-refractivity contribution in [2.24, 2.45) is 0 Å². The standard InChI is InChI=1S/C16H24N2O5/c1-2-3-4-5-6-7-11-9-18(16(22)17-15(11)21)14-8-12(20)13(10-19)23-14/h6-7,9,12-14,19-20H,2-5,8,10H2,1H3,(H,17,21,22)/b7-6+/t12?,13-,14-/m1/s1. The second-order valence-electron chi connectivity index (χ2n) is 5.76. The zero-order chi connectivity index (χ0) is 16.8. The number of aromatic amines is 1. The molecule has 0 spiro atoms. The van der Waals surface area contributed by atoms with Crippen molar-refractivity contribution in [1.82, 2.24) is 9.55 Å². The Kier molecular flexibility index (Phi) is 6.32. The molecule has 3 N–H and O–H groups in total. The molecule has 1 fully saturated rings. The number of unbranched alkanes of at least 4 members (excludes halogenated alkanes) is 3. The Morgan fingerprint density at radius 1 is 1.43 bits per heavy atom. The number of hydrogen-bond acceptors (Lipinski definition) is 5. The van der Waals surface area contributed by atoms with Gasteiger partial charge in [0.2, 0.25) is 0 Å². The van der Waals surface area contributed by atoms with Gasteiger partial charge in [-0.2, -0.15) is 0 Å². The Labute approximate surface area is 134 Å². The molecule has 0 saturated carbocycles. The fourth-order valence-electron chi connectivity index (χ4n) is 2.61. The van der Waals surface area contributed by atoms with E-state index in [1.54, 1.807) is 6.08 Å². The molecule has 1 aliphatic heterocycles. The summed E-state index contributed by atoms with van der Waals surface area (Å²) in [6, 6.07) is 0. The summed E-state index contributed by atoms with van der Waals surface area (Å²) in [6.45, 7) is 1.81. The van der Waals surface area contributed by atoms with E-state index in [2.05, 4.69) is 11.9 Å². The predicted octanol–water partition coefficient (Wildman–Crippen LogP) is 0.771. The molecule has 1 aromatic heterocycles. The molecule has 3 atom stereocenters. The van der Waals surface area contributed by atoms with Crippen molar-refractivity contribution in [1.29, 1.82) is 0 Å². The molecule has 0 aromatic carbocycles. The van der Waals surface area contributed by atoms with Gasteiger partial charge in [0.1, 0.15) is 12.3 Å². The van der Waals surface area contributed by atoms with Gasteiger partial charge in [-0.15, -0.1) is 0 Å². The molecule has 1 aliphatic rings. The molecule has 1 aromatic rings. The molecular formula is C16H24N2O5. The van der Waals surface area contributed by atoms with Gasteiger partial charge in [0.15, 0.2) is 0 Å². The van der Waals surface area contributed by atoms with Crippen molar-refractivity contribution in [3.8, 4) is 0 Å². The minimum atomic E-state index is -0.836. The van der Waals surface area contributed by atoms with Crippen LogP contribution < -0.4 is 11.2 Å². The van der Waals surface area contributed by atoms with Gasteiger partial charge < -0.3 is 14.9 Å². The maximum Gasteiger partial charge on any atom is 0.330 e. The van der Waals surface area contributed by atoms with Gasteiger partial charge in [0, 0.05) is 12.6 Å². The van der Waals surface area contributed by atoms with Crippen LogP contribution in [0.5, 0.6) is 0 Å². The summed E-state index contributed by atoms with van der Waals surface area (Å²) in [5.41, 5.74) is -0.671. The van der Waals surface area contributed by atoms with Gasteiger partial charge in [-0.1, -0.05) is 31.9 Å². The first-order valence-electron chi connectivity index (χ1n) is 8.03. The van der Waals surface area contributed by atoms with Crippen LogP contribution >= 0.6 is 0 Å². The van der Waals surface area contributed by atoms with Gasteiger partial charge >= 0.3 is 5.69 Å². The average molecular weight is 324 g/mol. The highest BCUT2D eigenvalue weighted by Gasteiger charge is 2.35. The molecule has 2 heterocycles. The lowest BCUT2D eigenvalue weighted by molar-refractivity contribution is -0.0459. The quantitative estimate of drug-likeness (QED) is 0.643. The maximum atomic E-state index is 12.0. The zero-order valence-corrected chi connectivity index (χ0v) is 13.3. The van der Waals surface area contributed by atoms with Crippen molar-refractivity contribution < 1.29 is 14.9 Å². The number of nitrogens with zero attached hydrogens (tertiary/aromatic N) is 1. The zero-order valence-electron chi connectivity index (χ0n) is 13.3. The summed E-state index contributed by atoms with van der Waals surface area (Å²) in [6.07, 6.45) is 7.19. The number of nitrogens with one attached hydrogen (secondary N) is 1. The van der Waals surface area contributed by atoms with Crippen LogP contribution in [0.15, 0.2) is 21.9 Å². The van der Waals surface area contributed by atoms with Crippen molar-refractivity contribution in [2.45, 2.75) is 57.5 Å². The summed E-state index contributed by atoms with van der Waals surface area (Å²) < 4.78 is 6.71. The van der Waals surface area contributed by atoms with E-state index in [9.17, 15) is 14.7 Å². The number of hydrogen-bond donors (Lipinski definition) is 3. The van der Waals surface area contributed by atoms with E-state index in [0.717, 1.165) is 25.7 Å². The third kappa shape index (κ3) is 4.40. The van der Waals surface area contributed by atoms with Crippen LogP contribution in [0.1, 0.15) is 50.8 Å². The summed E-state index contributed by atoms with van der Waals surface area (Å²) in [5.74, 6) is 0. The molecule has 23 heavy (non-hydrogen) atoms. The van der Waals surface area contributed by atoms with Gasteiger partial charge in [0.25, 0.3) is 5.56 Å². The number of rotatable bonds is 7. The molecule has 1 saturated heterocycles. The molecule has 7 nitrogen and oxygen atoms in total. The number of H-pyrrole nitrogens is 1. The van der Waals surface area contributed by atoms with E-state index in [4.69, 9.17) is 9.84 Å². The van der Waals surface area contributed by atoms with Crippen molar-refractivity contribution in [2.75, 3.05) is 6.61 Å². The van der Waals surface area contributed by atoms with Gasteiger partial charge in [0.05, 0.1) is 18.3 Å². The average Bonchev–Trinajstić information content (AvgIpc) is 2.89. The highest BCUT2D eigenvalue weighted by molar-refractivity contribution is 5.46. The third-order valence-electron chi connectivity index (χ3n) is 3.96. The van der Waals surface area contributed by atoms with E-state index in [1.165, 1.54) is 10.8 Å². The number of ether oxygens (including phenoxy) is 1. The molecule has 2 rings (SSSR count). The topological polar surface area (TPSA) is 105 Å². The summed E-state index contributed by atoms with van der Waals surface area (Å²) in [4.78, 5) is 26.1. The Morgan fingerprint density at radius 3 is 2.87 bits per heavy atom. The first-order valence-corrected chi connectivity index (χ1v) is 8.03. The minimum absolute atomic E-state index is 0.191. The Bertz CT molecular complexity index is 649. The number of allylic oxidation sites excluding steroid dienone is 1. The monoisotopic (exact) mass is 324 g/mol. The Morgan fingerprint density at radius 2 is 2.22 bits per heavy atom. The van der Waals surface area contributed by atoms with Crippen LogP contribution in [0.3, 0.4) is 0 Å². The molecule has 0 radical (unpaired) electrons. The van der Waals surface area contributed by atoms with Crippen LogP contribution in [-0.2, 0) is 4.74 Å². The molecule has 0 amide bonds. The molecule has 128 valence electrons. The minimum Gasteiger partial charge on any atom is -0.394 e. The Balaban J connectivity index is 2.17. The van der Waals surface area contributed by atoms with E-state index < -0.39 is 29.7 Å². The van der Waals surface area contributed by atoms with E-state index in [1.807, 2.05) is 6.08 Å². The van der Waals surface area contributed by atoms with Gasteiger partial charge in [-0.25, -0.2) is 4.79 Å². The lowest BCUT2D eigenvalue weighted by atomic mass is 10.2. The lowest BCUT2D eigenvalue weighted by Crippen LogP contribution is -2.33. The number of aromatic nitrogens is 2. The summed E-state index contributed by atoms with van der Waals surface area (Å²) in [5, 5.41) is 18.9. The van der Waals surface area contributed by atoms with Crippen molar-refractivity contribution in [3.05, 3.63) is 38.7 Å². The summed E-state index contributed by atoms with van der Waals surface area (Å²) >= 11 is 0. The lowest BCUT2D eigenvalue weighted by Gasteiger charge is -2.14. The smallest absolute Gasteiger partial charge is 0.330 e. The van der Waals surface area contributed by atoms with Gasteiger partial charge in [-0.05, 0) is 12.8 Å². The highest BCUT2D eigenvalue weighted by Crippen LogP contribution is 2.27. The largest absolute Gasteiger partial charge is 0.394 e. The fourth-order valence-corrected chi connectivity index (χ4v) is 2.61. The van der Waals surface area contributed by atoms with E-state index in [0.29, 0.717) is 5.56 Å². The Hall–Kier alpha value is -1.70. The summed E-state index contributed by atoms with van der Waals surface area (Å²) in [7, 11) is 0. The number of aliphatic hydroxyl groups is 2. The van der Waals surface area contributed by atoms with Crippen LogP contribution in [-0.4, -0.2) is 38.6 Å². The second kappa shape index (κ2) is 8.24. The maximum absolute atomic E-state index is 12.0. The highest BCUT2D eigenvalue weighted by atomic mass is 16.5. The normalized spacial score (nSPS) is 24.6. The molecule has 7 heteroatoms. The SMILES string of the molecule is CCCCC/C=C/c1cn([C@H]2CC(O)[C@@H](CO)O2)c(=O)[nH]c1=O. The molecule has 1 unspecified atom stereocenters. The first kappa shape index (κ1) is 17.7. The first-order chi connectivity index (χ1) is 11.1. The van der Waals surface area contributed by atoms with E-state index >= 15 is 0 Å². The van der Waals surface area contributed by atoms with E-state index in [-0.39, 0.29) is 13.0 Å². The molecular weight excluding hydrogens is 300 g/mol. The van der Waals surface area contributed by atoms with Crippen molar-refractivity contribution in [3.63, 3.8) is 0 Å². The fraction of sp³-hybridized carbons (Fsp3) is 0.625. The second-order valence-corrected chi connectivity index (χ2v) is 5.76. The third-order valence-corrected chi connectivity index (χ3v) is 3.96. The van der Waals surface area contributed by atoms with Crippen molar-refractivity contribution >= 4 is 6.08 Å². The molecule has 0 bridgehead atoms. The van der Waals surface area contributed by atoms with Crippen LogP contribution in [0.4, 0.5) is 0 Å². The predicted molar refractivity (Wildman–Crippen MR) is 86.1 cm³/mol. The number of aliphatic hydroxyl groups excluding tert-OH is 2. The van der Waals surface area contributed by atoms with Crippen LogP contribution in [0.25, 0.3) is 6.08 Å². The van der Waals surface area contributed by atoms with Crippen LogP contribution in [0.2, 0.25) is 0 Å². The van der Waals surface area contributed by atoms with Crippen LogP contribution in [0, 0.1) is 0 Å². The van der Waals surface area contributed by atoms with Gasteiger partial charge in [-0.3, -0.25) is 14.3 Å².